The van der Waals surface area contributed by atoms with E-state index >= 15 is 0 Å². The number of nitrogens with zero attached hydrogens (tertiary/aromatic N) is 1. The molecule has 0 aliphatic carbocycles. The van der Waals surface area contributed by atoms with Gasteiger partial charge in [-0.15, -0.1) is 0 Å². The number of para-hydroxylation sites is 1. The molecule has 0 saturated heterocycles. The Balaban J connectivity index is 1.91. The number of nitrogens with one attached hydrogen (secondary N) is 1. The van der Waals surface area contributed by atoms with Crippen molar-refractivity contribution in [1.29, 1.82) is 0 Å². The van der Waals surface area contributed by atoms with Crippen LogP contribution >= 0.6 is 0 Å². The van der Waals surface area contributed by atoms with Crippen molar-refractivity contribution < 1.29 is 4.79 Å². The Morgan fingerprint density at radius 2 is 2.00 bits per heavy atom. The van der Waals surface area contributed by atoms with E-state index in [-0.39, 0.29) is 5.78 Å². The van der Waals surface area contributed by atoms with Gasteiger partial charge in [-0.2, -0.15) is 0 Å². The number of unbranched alkanes of at least 4 members (excludes halogenated alkanes) is 2. The van der Waals surface area contributed by atoms with Crippen LogP contribution in [0.4, 0.5) is 0 Å². The Morgan fingerprint density at radius 1 is 1.20 bits per heavy atom. The molecule has 1 N–H and O–H groups in total. The fourth-order valence-electron chi connectivity index (χ4n) is 2.59. The molecule has 2 rings (SSSR count). The van der Waals surface area contributed by atoms with Gasteiger partial charge in [-0.1, -0.05) is 31.5 Å². The molecular formula is C17H24N2O. The minimum absolute atomic E-state index is 0.269. The van der Waals surface area contributed by atoms with Crippen molar-refractivity contribution in [1.82, 2.24) is 9.88 Å². The van der Waals surface area contributed by atoms with Crippen LogP contribution in [0.15, 0.2) is 30.5 Å². The zero-order valence-electron chi connectivity index (χ0n) is 12.5. The average molecular weight is 272 g/mol. The van der Waals surface area contributed by atoms with Crippen LogP contribution in [0.25, 0.3) is 10.9 Å². The molecule has 20 heavy (non-hydrogen) atoms. The Kier molecular flexibility index (Phi) is 5.36. The Labute approximate surface area is 121 Å². The third-order valence-electron chi connectivity index (χ3n) is 3.70. The summed E-state index contributed by atoms with van der Waals surface area (Å²) >= 11 is 0. The van der Waals surface area contributed by atoms with Gasteiger partial charge in [0.1, 0.15) is 0 Å². The summed E-state index contributed by atoms with van der Waals surface area (Å²) in [6.07, 6.45) is 5.86. The lowest BCUT2D eigenvalue weighted by Gasteiger charge is -2.02. The van der Waals surface area contributed by atoms with E-state index < -0.39 is 0 Å². The number of carbonyl (C=O) groups excluding carboxylic acids is 1. The molecule has 1 aromatic heterocycles. The third kappa shape index (κ3) is 3.48. The predicted octanol–water partition coefficient (Wildman–Crippen LogP) is 3.53. The van der Waals surface area contributed by atoms with E-state index in [0.717, 1.165) is 48.8 Å². The first kappa shape index (κ1) is 14.8. The van der Waals surface area contributed by atoms with Crippen molar-refractivity contribution in [3.05, 3.63) is 36.0 Å². The van der Waals surface area contributed by atoms with Gasteiger partial charge in [0.15, 0.2) is 5.78 Å². The van der Waals surface area contributed by atoms with E-state index in [1.54, 1.807) is 0 Å². The topological polar surface area (TPSA) is 34.0 Å². The van der Waals surface area contributed by atoms with Crippen LogP contribution in [0, 0.1) is 0 Å². The SMILES string of the molecule is CCNCCCCCC(=O)c1cn(C)c2ccccc12. The first-order chi connectivity index (χ1) is 9.74. The highest BCUT2D eigenvalue weighted by molar-refractivity contribution is 6.08. The maximum absolute atomic E-state index is 12.3. The summed E-state index contributed by atoms with van der Waals surface area (Å²) in [7, 11) is 2.00. The minimum atomic E-state index is 0.269. The van der Waals surface area contributed by atoms with Crippen molar-refractivity contribution in [2.24, 2.45) is 7.05 Å². The van der Waals surface area contributed by atoms with Crippen molar-refractivity contribution in [3.63, 3.8) is 0 Å². The van der Waals surface area contributed by atoms with Crippen LogP contribution in [-0.4, -0.2) is 23.4 Å². The van der Waals surface area contributed by atoms with Crippen LogP contribution in [0.3, 0.4) is 0 Å². The molecule has 0 spiro atoms. The van der Waals surface area contributed by atoms with Crippen LogP contribution in [0.2, 0.25) is 0 Å². The molecular weight excluding hydrogens is 248 g/mol. The zero-order valence-corrected chi connectivity index (χ0v) is 12.5. The summed E-state index contributed by atoms with van der Waals surface area (Å²) < 4.78 is 2.04. The lowest BCUT2D eigenvalue weighted by molar-refractivity contribution is 0.0980. The standard InChI is InChI=1S/C17H24N2O/c1-3-18-12-8-4-5-11-17(20)15-13-19(2)16-10-7-6-9-14(15)16/h6-7,9-10,13,18H,3-5,8,11-12H2,1-2H3. The molecule has 3 nitrogen and oxygen atoms in total. The van der Waals surface area contributed by atoms with Gasteiger partial charge in [-0.25, -0.2) is 0 Å². The molecule has 108 valence electrons. The number of fused-ring (bicyclic) bond motifs is 1. The highest BCUT2D eigenvalue weighted by Gasteiger charge is 2.12. The molecule has 0 unspecified atom stereocenters. The lowest BCUT2D eigenvalue weighted by Crippen LogP contribution is -2.13. The number of hydrogen-bond donors (Lipinski definition) is 1. The summed E-state index contributed by atoms with van der Waals surface area (Å²) in [4.78, 5) is 12.3. The number of rotatable bonds is 8. The van der Waals surface area contributed by atoms with Gasteiger partial charge in [0.05, 0.1) is 0 Å². The van der Waals surface area contributed by atoms with Gasteiger partial charge in [0.2, 0.25) is 0 Å². The van der Waals surface area contributed by atoms with Crippen molar-refractivity contribution in [2.75, 3.05) is 13.1 Å². The van der Waals surface area contributed by atoms with E-state index in [4.69, 9.17) is 0 Å². The van der Waals surface area contributed by atoms with Gasteiger partial charge in [-0.05, 0) is 32.0 Å². The first-order valence-corrected chi connectivity index (χ1v) is 7.52. The lowest BCUT2D eigenvalue weighted by atomic mass is 10.0. The van der Waals surface area contributed by atoms with Crippen molar-refractivity contribution >= 4 is 16.7 Å². The highest BCUT2D eigenvalue weighted by Crippen LogP contribution is 2.22. The summed E-state index contributed by atoms with van der Waals surface area (Å²) in [5.74, 6) is 0.269. The van der Waals surface area contributed by atoms with Gasteiger partial charge in [-0.3, -0.25) is 4.79 Å². The number of ketones is 1. The van der Waals surface area contributed by atoms with Crippen molar-refractivity contribution in [3.8, 4) is 0 Å². The summed E-state index contributed by atoms with van der Waals surface area (Å²) in [5.41, 5.74) is 2.00. The number of hydrogen-bond acceptors (Lipinski definition) is 2. The fourth-order valence-corrected chi connectivity index (χ4v) is 2.59. The molecule has 1 aromatic carbocycles. The predicted molar refractivity (Wildman–Crippen MR) is 84.3 cm³/mol. The number of aryl methyl sites for hydroxylation is 1. The van der Waals surface area contributed by atoms with Gasteiger partial charge in [0, 0.05) is 36.1 Å². The molecule has 0 aliphatic rings. The van der Waals surface area contributed by atoms with Crippen molar-refractivity contribution in [2.45, 2.75) is 32.6 Å². The fraction of sp³-hybridized carbons (Fsp3) is 0.471. The summed E-state index contributed by atoms with van der Waals surface area (Å²) in [5, 5.41) is 4.38. The highest BCUT2D eigenvalue weighted by atomic mass is 16.1. The minimum Gasteiger partial charge on any atom is -0.350 e. The second-order valence-electron chi connectivity index (χ2n) is 5.26. The van der Waals surface area contributed by atoms with Gasteiger partial charge < -0.3 is 9.88 Å². The normalized spacial score (nSPS) is 11.1. The van der Waals surface area contributed by atoms with Crippen LogP contribution < -0.4 is 5.32 Å². The van der Waals surface area contributed by atoms with Gasteiger partial charge >= 0.3 is 0 Å². The summed E-state index contributed by atoms with van der Waals surface area (Å²) in [6.45, 7) is 4.19. The smallest absolute Gasteiger partial charge is 0.165 e. The first-order valence-electron chi connectivity index (χ1n) is 7.52. The maximum Gasteiger partial charge on any atom is 0.165 e. The summed E-state index contributed by atoms with van der Waals surface area (Å²) in [6, 6.07) is 8.10. The van der Waals surface area contributed by atoms with Crippen LogP contribution in [0.1, 0.15) is 43.0 Å². The zero-order chi connectivity index (χ0) is 14.4. The second-order valence-corrected chi connectivity index (χ2v) is 5.26. The van der Waals surface area contributed by atoms with Crippen LogP contribution in [-0.2, 0) is 7.05 Å². The molecule has 0 saturated carbocycles. The quantitative estimate of drug-likeness (QED) is 0.589. The Bertz CT molecular complexity index is 571. The maximum atomic E-state index is 12.3. The largest absolute Gasteiger partial charge is 0.350 e. The number of Topliss-reactive ketones (excluding diaryl/α,β-unsaturated/α-hetero) is 1. The monoisotopic (exact) mass is 272 g/mol. The number of carbonyl (C=O) groups is 1. The molecule has 2 aromatic rings. The second kappa shape index (κ2) is 7.25. The molecule has 3 heteroatoms. The van der Waals surface area contributed by atoms with E-state index in [0.29, 0.717) is 6.42 Å². The number of aromatic nitrogens is 1. The van der Waals surface area contributed by atoms with Gasteiger partial charge in [0.25, 0.3) is 0 Å². The van der Waals surface area contributed by atoms with E-state index in [9.17, 15) is 4.79 Å². The molecule has 1 heterocycles. The molecule has 0 amide bonds. The van der Waals surface area contributed by atoms with E-state index in [1.807, 2.05) is 36.0 Å². The van der Waals surface area contributed by atoms with E-state index in [2.05, 4.69) is 18.3 Å². The molecule has 0 bridgehead atoms. The number of benzene rings is 1. The molecule has 0 atom stereocenters. The molecule has 0 fully saturated rings. The van der Waals surface area contributed by atoms with E-state index in [1.165, 1.54) is 0 Å². The Hall–Kier alpha value is -1.61. The molecule has 0 radical (unpaired) electrons. The third-order valence-corrected chi connectivity index (χ3v) is 3.70. The average Bonchev–Trinajstić information content (AvgIpc) is 2.80. The molecule has 0 aliphatic heterocycles. The Morgan fingerprint density at radius 3 is 2.80 bits per heavy atom. The van der Waals surface area contributed by atoms with Crippen LogP contribution in [0.5, 0.6) is 0 Å².